The zero-order valence-corrected chi connectivity index (χ0v) is 9.60. The van der Waals surface area contributed by atoms with Gasteiger partial charge < -0.3 is 9.84 Å². The predicted molar refractivity (Wildman–Crippen MR) is 57.8 cm³/mol. The predicted octanol–water partition coefficient (Wildman–Crippen LogP) is 2.70. The summed E-state index contributed by atoms with van der Waals surface area (Å²) in [6, 6.07) is 3.50. The molecule has 3 heteroatoms. The Hall–Kier alpha value is -1.09. The molecule has 1 aromatic rings. The molecule has 0 aliphatic carbocycles. The second kappa shape index (κ2) is 4.19. The van der Waals surface area contributed by atoms with Gasteiger partial charge in [-0.15, -0.1) is 0 Å². The van der Waals surface area contributed by atoms with E-state index in [2.05, 4.69) is 0 Å². The summed E-state index contributed by atoms with van der Waals surface area (Å²) in [7, 11) is 1.49. The summed E-state index contributed by atoms with van der Waals surface area (Å²) < 4.78 is 19.0. The maximum absolute atomic E-state index is 13.9. The molecule has 0 radical (unpaired) electrons. The largest absolute Gasteiger partial charge is 0.496 e. The van der Waals surface area contributed by atoms with Gasteiger partial charge in [-0.2, -0.15) is 0 Å². The maximum atomic E-state index is 13.9. The lowest BCUT2D eigenvalue weighted by Gasteiger charge is -2.21. The van der Waals surface area contributed by atoms with Gasteiger partial charge in [-0.05, 0) is 26.3 Å². The van der Waals surface area contributed by atoms with Crippen LogP contribution in [0.1, 0.15) is 30.5 Å². The number of halogens is 1. The van der Waals surface area contributed by atoms with Gasteiger partial charge in [-0.1, -0.05) is 12.1 Å². The average Bonchev–Trinajstić information content (AvgIpc) is 2.15. The van der Waals surface area contributed by atoms with E-state index in [-0.39, 0.29) is 6.61 Å². The molecule has 0 spiro atoms. The Labute approximate surface area is 89.7 Å². The standard InChI is InChI=1S/C12H17FO2/c1-8-5-6-10(12(2,3)13)11(15-4)9(8)7-14/h5-6,14H,7H2,1-4H3. The van der Waals surface area contributed by atoms with E-state index in [0.29, 0.717) is 16.9 Å². The number of hydrogen-bond acceptors (Lipinski definition) is 2. The minimum atomic E-state index is -1.47. The number of aliphatic hydroxyl groups is 1. The highest BCUT2D eigenvalue weighted by Crippen LogP contribution is 2.36. The molecule has 0 aliphatic heterocycles. The van der Waals surface area contributed by atoms with Crippen LogP contribution in [0, 0.1) is 6.92 Å². The molecule has 0 saturated heterocycles. The van der Waals surface area contributed by atoms with Gasteiger partial charge in [-0.25, -0.2) is 4.39 Å². The number of methoxy groups -OCH3 is 1. The van der Waals surface area contributed by atoms with E-state index in [1.165, 1.54) is 21.0 Å². The Morgan fingerprint density at radius 1 is 1.40 bits per heavy atom. The Balaban J connectivity index is 3.42. The SMILES string of the molecule is COc1c(C(C)(C)F)ccc(C)c1CO. The van der Waals surface area contributed by atoms with Crippen LogP contribution >= 0.6 is 0 Å². The average molecular weight is 212 g/mol. The fraction of sp³-hybridized carbons (Fsp3) is 0.500. The lowest BCUT2D eigenvalue weighted by atomic mass is 9.94. The number of ether oxygens (including phenoxy) is 1. The molecular weight excluding hydrogens is 195 g/mol. The summed E-state index contributed by atoms with van der Waals surface area (Å²) in [5, 5.41) is 9.22. The summed E-state index contributed by atoms with van der Waals surface area (Å²) in [6.07, 6.45) is 0. The van der Waals surface area contributed by atoms with Gasteiger partial charge in [0.1, 0.15) is 11.4 Å². The molecule has 0 bridgehead atoms. The molecule has 2 nitrogen and oxygen atoms in total. The van der Waals surface area contributed by atoms with Crippen LogP contribution in [0.2, 0.25) is 0 Å². The van der Waals surface area contributed by atoms with Crippen molar-refractivity contribution in [3.8, 4) is 5.75 Å². The highest BCUT2D eigenvalue weighted by atomic mass is 19.1. The molecule has 0 saturated carbocycles. The first-order valence-electron chi connectivity index (χ1n) is 4.88. The maximum Gasteiger partial charge on any atom is 0.134 e. The summed E-state index contributed by atoms with van der Waals surface area (Å²) in [5.74, 6) is 0.449. The monoisotopic (exact) mass is 212 g/mol. The van der Waals surface area contributed by atoms with Crippen LogP contribution in [0.5, 0.6) is 5.75 Å². The van der Waals surface area contributed by atoms with Crippen molar-refractivity contribution >= 4 is 0 Å². The quantitative estimate of drug-likeness (QED) is 0.834. The van der Waals surface area contributed by atoms with Crippen molar-refractivity contribution in [2.75, 3.05) is 7.11 Å². The zero-order chi connectivity index (χ0) is 11.6. The summed E-state index contributed by atoms with van der Waals surface area (Å²) in [6.45, 7) is 4.67. The van der Waals surface area contributed by atoms with Gasteiger partial charge in [0.15, 0.2) is 0 Å². The van der Waals surface area contributed by atoms with E-state index in [1.807, 2.05) is 6.92 Å². The molecule has 1 N–H and O–H groups in total. The summed E-state index contributed by atoms with van der Waals surface area (Å²) in [5.41, 5.74) is 0.561. The Kier molecular flexibility index (Phi) is 3.35. The topological polar surface area (TPSA) is 29.5 Å². The normalized spacial score (nSPS) is 11.6. The molecule has 0 aliphatic rings. The van der Waals surface area contributed by atoms with Gasteiger partial charge >= 0.3 is 0 Å². The molecule has 1 rings (SSSR count). The molecule has 0 heterocycles. The van der Waals surface area contributed by atoms with Crippen molar-refractivity contribution in [2.45, 2.75) is 33.0 Å². The number of aryl methyl sites for hydroxylation is 1. The van der Waals surface area contributed by atoms with Crippen molar-refractivity contribution < 1.29 is 14.2 Å². The fourth-order valence-electron chi connectivity index (χ4n) is 1.62. The molecular formula is C12H17FO2. The van der Waals surface area contributed by atoms with Crippen molar-refractivity contribution in [1.82, 2.24) is 0 Å². The first kappa shape index (κ1) is 12.0. The third-order valence-electron chi connectivity index (χ3n) is 2.50. The minimum Gasteiger partial charge on any atom is -0.496 e. The molecule has 0 aromatic heterocycles. The first-order chi connectivity index (χ1) is 6.91. The summed E-state index contributed by atoms with van der Waals surface area (Å²) >= 11 is 0. The third-order valence-corrected chi connectivity index (χ3v) is 2.50. The highest BCUT2D eigenvalue weighted by Gasteiger charge is 2.25. The van der Waals surface area contributed by atoms with Crippen LogP contribution in [-0.4, -0.2) is 12.2 Å². The first-order valence-corrected chi connectivity index (χ1v) is 4.88. The molecule has 0 unspecified atom stereocenters. The number of alkyl halides is 1. The molecule has 0 amide bonds. The third kappa shape index (κ3) is 2.29. The Morgan fingerprint density at radius 3 is 2.40 bits per heavy atom. The van der Waals surface area contributed by atoms with E-state index in [4.69, 9.17) is 4.74 Å². The molecule has 15 heavy (non-hydrogen) atoms. The molecule has 0 fully saturated rings. The van der Waals surface area contributed by atoms with Crippen LogP contribution in [-0.2, 0) is 12.3 Å². The second-order valence-corrected chi connectivity index (χ2v) is 4.07. The van der Waals surface area contributed by atoms with Gasteiger partial charge in [0, 0.05) is 11.1 Å². The van der Waals surface area contributed by atoms with E-state index in [9.17, 15) is 9.50 Å². The van der Waals surface area contributed by atoms with E-state index >= 15 is 0 Å². The van der Waals surface area contributed by atoms with E-state index in [1.54, 1.807) is 12.1 Å². The number of aliphatic hydroxyl groups excluding tert-OH is 1. The number of benzene rings is 1. The van der Waals surface area contributed by atoms with Gasteiger partial charge in [0.2, 0.25) is 0 Å². The number of hydrogen-bond donors (Lipinski definition) is 1. The van der Waals surface area contributed by atoms with E-state index in [0.717, 1.165) is 5.56 Å². The van der Waals surface area contributed by atoms with Crippen LogP contribution in [0.4, 0.5) is 4.39 Å². The smallest absolute Gasteiger partial charge is 0.134 e. The lowest BCUT2D eigenvalue weighted by molar-refractivity contribution is 0.210. The summed E-state index contributed by atoms with van der Waals surface area (Å²) in [4.78, 5) is 0. The van der Waals surface area contributed by atoms with Crippen molar-refractivity contribution in [3.63, 3.8) is 0 Å². The van der Waals surface area contributed by atoms with Gasteiger partial charge in [0.05, 0.1) is 13.7 Å². The van der Waals surface area contributed by atoms with Crippen LogP contribution in [0.25, 0.3) is 0 Å². The van der Waals surface area contributed by atoms with E-state index < -0.39 is 5.67 Å². The molecule has 0 atom stereocenters. The molecule has 1 aromatic carbocycles. The number of rotatable bonds is 3. The Morgan fingerprint density at radius 2 is 2.00 bits per heavy atom. The highest BCUT2D eigenvalue weighted by molar-refractivity contribution is 5.48. The van der Waals surface area contributed by atoms with Gasteiger partial charge in [0.25, 0.3) is 0 Å². The van der Waals surface area contributed by atoms with Crippen LogP contribution in [0.15, 0.2) is 12.1 Å². The van der Waals surface area contributed by atoms with Gasteiger partial charge in [-0.3, -0.25) is 0 Å². The van der Waals surface area contributed by atoms with Crippen LogP contribution < -0.4 is 4.74 Å². The van der Waals surface area contributed by atoms with Crippen molar-refractivity contribution in [3.05, 3.63) is 28.8 Å². The lowest BCUT2D eigenvalue weighted by Crippen LogP contribution is -2.13. The fourth-order valence-corrected chi connectivity index (χ4v) is 1.62. The van der Waals surface area contributed by atoms with Crippen LogP contribution in [0.3, 0.4) is 0 Å². The van der Waals surface area contributed by atoms with Crippen molar-refractivity contribution in [1.29, 1.82) is 0 Å². The zero-order valence-electron chi connectivity index (χ0n) is 9.60. The molecule has 84 valence electrons. The second-order valence-electron chi connectivity index (χ2n) is 4.07. The van der Waals surface area contributed by atoms with Crippen molar-refractivity contribution in [2.24, 2.45) is 0 Å². The minimum absolute atomic E-state index is 0.140. The Bertz CT molecular complexity index is 353.